The molecule has 0 radical (unpaired) electrons. The first-order chi connectivity index (χ1) is 6.31. The Morgan fingerprint density at radius 2 is 2.31 bits per heavy atom. The molecule has 0 atom stereocenters. The van der Waals surface area contributed by atoms with Gasteiger partial charge in [-0.05, 0) is 30.5 Å². The fourth-order valence-corrected chi connectivity index (χ4v) is 2.18. The summed E-state index contributed by atoms with van der Waals surface area (Å²) < 4.78 is 2.03. The molecule has 0 spiro atoms. The van der Waals surface area contributed by atoms with Crippen LogP contribution in [0.25, 0.3) is 0 Å². The largest absolute Gasteiger partial charge is 0.309 e. The van der Waals surface area contributed by atoms with Gasteiger partial charge >= 0.3 is 0 Å². The number of aryl methyl sites for hydroxylation is 1. The number of hydrogen-bond acceptors (Lipinski definition) is 2. The van der Waals surface area contributed by atoms with E-state index in [-0.39, 0.29) is 0 Å². The molecule has 0 saturated heterocycles. The summed E-state index contributed by atoms with van der Waals surface area (Å²) in [4.78, 5) is 0. The van der Waals surface area contributed by atoms with Crippen molar-refractivity contribution in [3.63, 3.8) is 0 Å². The molecule has 1 aromatic carbocycles. The van der Waals surface area contributed by atoms with E-state index in [0.717, 1.165) is 24.2 Å². The fourth-order valence-electron chi connectivity index (χ4n) is 1.60. The Balaban J connectivity index is 2.48. The lowest BCUT2D eigenvalue weighted by Crippen LogP contribution is -2.18. The van der Waals surface area contributed by atoms with Crippen LogP contribution in [0, 0.1) is 11.3 Å². The Hall–Kier alpha value is -1.01. The average Bonchev–Trinajstić information content (AvgIpc) is 2.18. The fraction of sp³-hybridized carbons (Fsp3) is 0.300. The Kier molecular flexibility index (Phi) is 2.24. The van der Waals surface area contributed by atoms with Gasteiger partial charge in [0.25, 0.3) is 0 Å². The second-order valence-corrected chi connectivity index (χ2v) is 4.00. The number of benzene rings is 1. The lowest BCUT2D eigenvalue weighted by atomic mass is 10.0. The van der Waals surface area contributed by atoms with E-state index in [1.807, 2.05) is 22.1 Å². The molecule has 0 unspecified atom stereocenters. The predicted octanol–water partition coefficient (Wildman–Crippen LogP) is 2.62. The molecule has 2 rings (SSSR count). The highest BCUT2D eigenvalue weighted by atomic mass is 79.9. The van der Waals surface area contributed by atoms with Crippen molar-refractivity contribution < 1.29 is 0 Å². The number of anilines is 1. The number of hydrogen-bond donors (Lipinski definition) is 0. The molecule has 0 aliphatic carbocycles. The van der Waals surface area contributed by atoms with Crippen LogP contribution in [0.3, 0.4) is 0 Å². The molecule has 0 amide bonds. The minimum Gasteiger partial charge on any atom is -0.309 e. The summed E-state index contributed by atoms with van der Waals surface area (Å²) in [6.07, 6.45) is 2.29. The molecule has 0 N–H and O–H groups in total. The average molecular weight is 237 g/mol. The van der Waals surface area contributed by atoms with E-state index in [1.165, 1.54) is 12.0 Å². The van der Waals surface area contributed by atoms with Crippen LogP contribution in [0.15, 0.2) is 18.2 Å². The molecular formula is C10H9BrN2. The second kappa shape index (κ2) is 3.39. The van der Waals surface area contributed by atoms with Crippen molar-refractivity contribution >= 4 is 21.8 Å². The molecule has 1 aliphatic rings. The van der Waals surface area contributed by atoms with Crippen LogP contribution in [0.5, 0.6) is 0 Å². The normalized spacial score (nSPS) is 14.9. The lowest BCUT2D eigenvalue weighted by molar-refractivity contribution is 0.800. The van der Waals surface area contributed by atoms with Crippen molar-refractivity contribution in [2.45, 2.75) is 12.8 Å². The predicted molar refractivity (Wildman–Crippen MR) is 55.8 cm³/mol. The summed E-state index contributed by atoms with van der Waals surface area (Å²) in [5, 5.41) is 8.74. The molecule has 13 heavy (non-hydrogen) atoms. The van der Waals surface area contributed by atoms with Crippen LogP contribution < -0.4 is 3.93 Å². The van der Waals surface area contributed by atoms with Gasteiger partial charge < -0.3 is 3.93 Å². The zero-order valence-corrected chi connectivity index (χ0v) is 8.71. The van der Waals surface area contributed by atoms with Crippen molar-refractivity contribution in [3.8, 4) is 6.07 Å². The molecule has 0 aromatic heterocycles. The third-order valence-corrected chi connectivity index (χ3v) is 3.01. The van der Waals surface area contributed by atoms with Gasteiger partial charge in [-0.25, -0.2) is 0 Å². The minimum absolute atomic E-state index is 0.727. The van der Waals surface area contributed by atoms with Crippen molar-refractivity contribution in [3.05, 3.63) is 29.3 Å². The Bertz CT molecular complexity index is 368. The summed E-state index contributed by atoms with van der Waals surface area (Å²) in [6.45, 7) is 1.02. The van der Waals surface area contributed by atoms with Crippen molar-refractivity contribution in [1.82, 2.24) is 0 Å². The third-order valence-electron chi connectivity index (χ3n) is 2.28. The Morgan fingerprint density at radius 3 is 3.08 bits per heavy atom. The van der Waals surface area contributed by atoms with E-state index in [9.17, 15) is 0 Å². The maximum atomic E-state index is 8.74. The van der Waals surface area contributed by atoms with Gasteiger partial charge in [0.1, 0.15) is 0 Å². The molecular weight excluding hydrogens is 228 g/mol. The van der Waals surface area contributed by atoms with E-state index >= 15 is 0 Å². The van der Waals surface area contributed by atoms with Crippen LogP contribution in [-0.2, 0) is 6.42 Å². The first-order valence-corrected chi connectivity index (χ1v) is 4.98. The lowest BCUT2D eigenvalue weighted by Gasteiger charge is -2.25. The SMILES string of the molecule is N#Cc1ccc2c(c1)N(Br)CCC2. The maximum Gasteiger partial charge on any atom is 0.0992 e. The molecule has 0 saturated carbocycles. The van der Waals surface area contributed by atoms with E-state index in [0.29, 0.717) is 0 Å². The molecule has 1 aromatic rings. The third kappa shape index (κ3) is 1.54. The topological polar surface area (TPSA) is 27.0 Å². The van der Waals surface area contributed by atoms with Gasteiger partial charge in [-0.3, -0.25) is 0 Å². The van der Waals surface area contributed by atoms with Gasteiger partial charge in [0.2, 0.25) is 0 Å². The summed E-state index contributed by atoms with van der Waals surface area (Å²) >= 11 is 3.47. The molecule has 1 heterocycles. The highest BCUT2D eigenvalue weighted by molar-refractivity contribution is 9.10. The first-order valence-electron chi connectivity index (χ1n) is 4.27. The van der Waals surface area contributed by atoms with E-state index < -0.39 is 0 Å². The van der Waals surface area contributed by atoms with Gasteiger partial charge in [-0.1, -0.05) is 6.07 Å². The minimum atomic E-state index is 0.727. The van der Waals surface area contributed by atoms with Crippen molar-refractivity contribution in [2.24, 2.45) is 0 Å². The molecule has 66 valence electrons. The van der Waals surface area contributed by atoms with Crippen LogP contribution >= 0.6 is 16.1 Å². The number of rotatable bonds is 0. The summed E-state index contributed by atoms with van der Waals surface area (Å²) in [5.74, 6) is 0. The van der Waals surface area contributed by atoms with E-state index in [4.69, 9.17) is 5.26 Å². The molecule has 1 aliphatic heterocycles. The van der Waals surface area contributed by atoms with E-state index in [2.05, 4.69) is 22.2 Å². The van der Waals surface area contributed by atoms with Crippen LogP contribution in [-0.4, -0.2) is 6.54 Å². The summed E-state index contributed by atoms with van der Waals surface area (Å²) in [5.41, 5.74) is 3.19. The number of halogens is 1. The second-order valence-electron chi connectivity index (χ2n) is 3.14. The van der Waals surface area contributed by atoms with Gasteiger partial charge in [0.05, 0.1) is 17.3 Å². The van der Waals surface area contributed by atoms with E-state index in [1.54, 1.807) is 0 Å². The molecule has 3 heteroatoms. The summed E-state index contributed by atoms with van der Waals surface area (Å²) in [6, 6.07) is 8.01. The van der Waals surface area contributed by atoms with Gasteiger partial charge in [-0.2, -0.15) is 5.26 Å². The van der Waals surface area contributed by atoms with Crippen molar-refractivity contribution in [2.75, 3.05) is 10.5 Å². The Morgan fingerprint density at radius 1 is 1.46 bits per heavy atom. The highest BCUT2D eigenvalue weighted by Gasteiger charge is 2.14. The van der Waals surface area contributed by atoms with Crippen LogP contribution in [0.1, 0.15) is 17.5 Å². The monoisotopic (exact) mass is 236 g/mol. The van der Waals surface area contributed by atoms with Gasteiger partial charge in [0.15, 0.2) is 0 Å². The molecule has 0 bridgehead atoms. The Labute approximate surface area is 86.1 Å². The highest BCUT2D eigenvalue weighted by Crippen LogP contribution is 2.29. The maximum absolute atomic E-state index is 8.74. The number of nitrogens with zero attached hydrogens (tertiary/aromatic N) is 2. The zero-order chi connectivity index (χ0) is 9.26. The summed E-state index contributed by atoms with van der Waals surface area (Å²) in [7, 11) is 0. The van der Waals surface area contributed by atoms with Crippen molar-refractivity contribution in [1.29, 1.82) is 5.26 Å². The first kappa shape index (κ1) is 8.58. The number of nitriles is 1. The van der Waals surface area contributed by atoms with Gasteiger partial charge in [-0.15, -0.1) is 0 Å². The zero-order valence-electron chi connectivity index (χ0n) is 7.13. The number of fused-ring (bicyclic) bond motifs is 1. The quantitative estimate of drug-likeness (QED) is 0.648. The molecule has 2 nitrogen and oxygen atoms in total. The standard InChI is InChI=1S/C10H9BrN2/c11-13-5-1-2-9-4-3-8(7-12)6-10(9)13/h3-4,6H,1-2,5H2. The van der Waals surface area contributed by atoms with Crippen LogP contribution in [0.2, 0.25) is 0 Å². The van der Waals surface area contributed by atoms with Gasteiger partial charge in [0, 0.05) is 22.7 Å². The van der Waals surface area contributed by atoms with Crippen LogP contribution in [0.4, 0.5) is 5.69 Å². The molecule has 0 fully saturated rings. The smallest absolute Gasteiger partial charge is 0.0992 e.